The quantitative estimate of drug-likeness (QED) is 0.419. The van der Waals surface area contributed by atoms with Crippen LogP contribution in [0.2, 0.25) is 0 Å². The summed E-state index contributed by atoms with van der Waals surface area (Å²) in [6.07, 6.45) is 0. The van der Waals surface area contributed by atoms with Crippen molar-refractivity contribution in [2.24, 2.45) is 0 Å². The molecule has 0 amide bonds. The molecule has 0 aliphatic heterocycles. The topological polar surface area (TPSA) is 164 Å². The molecule has 0 aliphatic rings. The van der Waals surface area contributed by atoms with Gasteiger partial charge >= 0.3 is 66.3 Å². The fraction of sp³-hybridized carbons (Fsp3) is 0. The summed E-state index contributed by atoms with van der Waals surface area (Å²) in [5, 5.41) is 48.0. The number of rotatable bonds is 0. The van der Waals surface area contributed by atoms with Crippen LogP contribution in [0.4, 0.5) is 0 Å². The Morgan fingerprint density at radius 2 is 0.909 bits per heavy atom. The van der Waals surface area contributed by atoms with Gasteiger partial charge in [-0.2, -0.15) is 0 Å². The largest absolute Gasteiger partial charge is 2.00 e. The second-order valence-electron chi connectivity index (χ2n) is 0.615. The van der Waals surface area contributed by atoms with Crippen LogP contribution in [0.3, 0.4) is 0 Å². The molecule has 0 heterocycles. The first-order chi connectivity index (χ1) is 3.46. The van der Waals surface area contributed by atoms with Crippen LogP contribution in [-0.4, -0.2) is 89.2 Å². The average molecular weight is 284 g/mol. The zero-order chi connectivity index (χ0) is 7.15. The summed E-state index contributed by atoms with van der Waals surface area (Å²) in [5.74, 6) is 0. The van der Waals surface area contributed by atoms with Gasteiger partial charge in [-0.05, 0) is 0 Å². The molecular formula is H4B2BaBeO7. The van der Waals surface area contributed by atoms with Gasteiger partial charge in [0.15, 0.2) is 0 Å². The summed E-state index contributed by atoms with van der Waals surface area (Å²) in [6, 6.07) is 0. The van der Waals surface area contributed by atoms with E-state index in [0.29, 0.717) is 0 Å². The second-order valence-corrected chi connectivity index (χ2v) is 0.615. The molecule has 56 valence electrons. The molecule has 0 bridgehead atoms. The van der Waals surface area contributed by atoms with Gasteiger partial charge in [-0.3, -0.25) is 7.32 Å². The molecule has 0 aromatic heterocycles. The Hall–Kier alpha value is 1.59. The van der Waals surface area contributed by atoms with Crippen LogP contribution in [0, 0.1) is 0 Å². The van der Waals surface area contributed by atoms with E-state index < -0.39 is 14.6 Å². The fourth-order valence-corrected chi connectivity index (χ4v) is 0. The van der Waals surface area contributed by atoms with Gasteiger partial charge in [0, 0.05) is 0 Å². The fourth-order valence-electron chi connectivity index (χ4n) is 0. The van der Waals surface area contributed by atoms with E-state index in [0.717, 1.165) is 0 Å². The average Bonchev–Trinajstić information content (AvgIpc) is 1.25. The minimum absolute atomic E-state index is 0. The summed E-state index contributed by atoms with van der Waals surface area (Å²) < 4.78 is 0. The number of hydrogen-bond acceptors (Lipinski definition) is 6. The molecule has 0 spiro atoms. The summed E-state index contributed by atoms with van der Waals surface area (Å²) >= 11 is 0. The molecule has 0 atom stereocenters. The van der Waals surface area contributed by atoms with E-state index >= 15 is 0 Å². The first-order valence-electron chi connectivity index (χ1n) is 1.46. The van der Waals surface area contributed by atoms with Crippen molar-refractivity contribution in [1.29, 1.82) is 0 Å². The molecule has 0 aromatic carbocycles. The predicted molar refractivity (Wildman–Crippen MR) is 31.1 cm³/mol. The third-order valence-corrected chi connectivity index (χ3v) is 0. The Bertz CT molecular complexity index is 31.9. The van der Waals surface area contributed by atoms with E-state index in [9.17, 15) is 0 Å². The molecule has 11 heavy (non-hydrogen) atoms. The van der Waals surface area contributed by atoms with Crippen molar-refractivity contribution in [1.82, 2.24) is 0 Å². The van der Waals surface area contributed by atoms with Gasteiger partial charge < -0.3 is 35.6 Å². The zero-order valence-electron chi connectivity index (χ0n) is 5.60. The van der Waals surface area contributed by atoms with E-state index in [1.165, 1.54) is 0 Å². The minimum Gasteiger partial charge on any atom is -0.907 e. The van der Waals surface area contributed by atoms with Crippen LogP contribution in [0.25, 0.3) is 0 Å². The second kappa shape index (κ2) is 22.6. The molecule has 4 N–H and O–H groups in total. The molecule has 0 radical (unpaired) electrons. The van der Waals surface area contributed by atoms with Crippen molar-refractivity contribution >= 4 is 73.6 Å². The van der Waals surface area contributed by atoms with Crippen LogP contribution in [-0.2, 0) is 0 Å². The summed E-state index contributed by atoms with van der Waals surface area (Å²) in [4.78, 5) is 0. The monoisotopic (exact) mass is 285 g/mol. The van der Waals surface area contributed by atoms with E-state index in [4.69, 9.17) is 30.1 Å². The Morgan fingerprint density at radius 1 is 0.909 bits per heavy atom. The van der Waals surface area contributed by atoms with Gasteiger partial charge in [0.05, 0.1) is 0 Å². The maximum absolute atomic E-state index is 8.64. The third-order valence-electron chi connectivity index (χ3n) is 0. The van der Waals surface area contributed by atoms with Gasteiger partial charge in [0.1, 0.15) is 0 Å². The SMILES string of the molecule is O.[Ba+2].[Be+2].[O-]B(O)O.[O-]B([O-])[O-]. The molecule has 0 unspecified atom stereocenters. The van der Waals surface area contributed by atoms with Crippen molar-refractivity contribution < 1.29 is 35.6 Å². The Balaban J connectivity index is -0.0000000171. The van der Waals surface area contributed by atoms with Crippen molar-refractivity contribution in [3.8, 4) is 0 Å². The first-order valence-corrected chi connectivity index (χ1v) is 1.46. The molecular weight excluding hydrogens is 280 g/mol. The Kier molecular flexibility index (Phi) is 60.2. The van der Waals surface area contributed by atoms with Gasteiger partial charge in [-0.15, -0.1) is 0 Å². The third kappa shape index (κ3) is 422. The van der Waals surface area contributed by atoms with Gasteiger partial charge in [-0.25, -0.2) is 0 Å². The van der Waals surface area contributed by atoms with Crippen LogP contribution in [0.15, 0.2) is 0 Å². The van der Waals surface area contributed by atoms with E-state index in [1.807, 2.05) is 0 Å². The Labute approximate surface area is 108 Å². The van der Waals surface area contributed by atoms with Gasteiger partial charge in [-0.1, -0.05) is 0 Å². The predicted octanol–water partition coefficient (Wildman–Crippen LogP) is -8.22. The number of hydrogen-bond donors (Lipinski definition) is 2. The molecule has 0 aromatic rings. The smallest absolute Gasteiger partial charge is 0.907 e. The molecule has 7 nitrogen and oxygen atoms in total. The Morgan fingerprint density at radius 3 is 0.909 bits per heavy atom. The van der Waals surface area contributed by atoms with Crippen molar-refractivity contribution in [3.63, 3.8) is 0 Å². The van der Waals surface area contributed by atoms with Crippen molar-refractivity contribution in [2.75, 3.05) is 0 Å². The molecule has 11 heteroatoms. The molecule has 0 saturated heterocycles. The van der Waals surface area contributed by atoms with Crippen molar-refractivity contribution in [2.45, 2.75) is 0 Å². The molecule has 0 fully saturated rings. The van der Waals surface area contributed by atoms with Gasteiger partial charge in [0.2, 0.25) is 0 Å². The van der Waals surface area contributed by atoms with Crippen LogP contribution in [0.5, 0.6) is 0 Å². The van der Waals surface area contributed by atoms with Crippen LogP contribution < -0.4 is 20.1 Å². The summed E-state index contributed by atoms with van der Waals surface area (Å²) in [6.45, 7) is 0. The van der Waals surface area contributed by atoms with E-state index in [2.05, 4.69) is 0 Å². The summed E-state index contributed by atoms with van der Waals surface area (Å²) in [5.41, 5.74) is 0. The van der Waals surface area contributed by atoms with Crippen LogP contribution >= 0.6 is 0 Å². The van der Waals surface area contributed by atoms with Crippen molar-refractivity contribution in [3.05, 3.63) is 0 Å². The maximum Gasteiger partial charge on any atom is 2.00 e. The molecule has 0 aliphatic carbocycles. The maximum atomic E-state index is 8.64. The minimum atomic E-state index is -2.92. The van der Waals surface area contributed by atoms with E-state index in [-0.39, 0.29) is 64.5 Å². The van der Waals surface area contributed by atoms with E-state index in [1.54, 1.807) is 0 Å². The molecule has 0 saturated carbocycles. The standard InChI is InChI=1S/BH2O3.BO3.Ba.Be.H2O/c2*2-1(3)4;;;/h2-3H;;;;1H2/q-1;-3;2*+2;. The van der Waals surface area contributed by atoms with Gasteiger partial charge in [0.25, 0.3) is 0 Å². The summed E-state index contributed by atoms with van der Waals surface area (Å²) in [7, 11) is -5.33. The van der Waals surface area contributed by atoms with Crippen LogP contribution in [0.1, 0.15) is 0 Å². The molecule has 0 rings (SSSR count). The zero-order valence-corrected chi connectivity index (χ0v) is 10.0. The first kappa shape index (κ1) is 29.4. The normalized spacial score (nSPS) is 4.91.